The van der Waals surface area contributed by atoms with Crippen LogP contribution in [-0.4, -0.2) is 37.0 Å². The van der Waals surface area contributed by atoms with E-state index in [0.29, 0.717) is 0 Å². The summed E-state index contributed by atoms with van der Waals surface area (Å²) in [7, 11) is 1.37. The van der Waals surface area contributed by atoms with Crippen LogP contribution in [-0.2, 0) is 9.53 Å². The number of methoxy groups -OCH3 is 1. The first-order chi connectivity index (χ1) is 4.72. The fraction of sp³-hybridized carbons (Fsp3) is 0.667. The number of nitrogens with zero attached hydrogens (tertiary/aromatic N) is 1. The van der Waals surface area contributed by atoms with E-state index < -0.39 is 6.04 Å². The number of Topliss-reactive ketones (excluding diaryl/α,β-unsaturated/α-hetero) is 1. The maximum absolute atomic E-state index is 10.5. The summed E-state index contributed by atoms with van der Waals surface area (Å²) < 4.78 is 4.34. The van der Waals surface area contributed by atoms with Gasteiger partial charge >= 0.3 is 0 Å². The fourth-order valence-electron chi connectivity index (χ4n) is 0.377. The van der Waals surface area contributed by atoms with Crippen molar-refractivity contribution < 1.29 is 14.6 Å². The van der Waals surface area contributed by atoms with E-state index in [4.69, 9.17) is 5.11 Å². The summed E-state index contributed by atoms with van der Waals surface area (Å²) in [6, 6.07) is -0.722. The van der Waals surface area contributed by atoms with Crippen molar-refractivity contribution in [2.45, 2.75) is 13.0 Å². The molecule has 0 aromatic rings. The van der Waals surface area contributed by atoms with E-state index in [-0.39, 0.29) is 12.4 Å². The van der Waals surface area contributed by atoms with Crippen LogP contribution in [0.5, 0.6) is 0 Å². The quantitative estimate of drug-likeness (QED) is 0.328. The molecule has 0 saturated carbocycles. The molecule has 0 aliphatic carbocycles. The Morgan fingerprint density at radius 3 is 2.80 bits per heavy atom. The topological polar surface area (TPSA) is 58.9 Å². The molecule has 0 heterocycles. The van der Waals surface area contributed by atoms with Gasteiger partial charge in [-0.2, -0.15) is 0 Å². The van der Waals surface area contributed by atoms with E-state index >= 15 is 0 Å². The number of hydrogen-bond donors (Lipinski definition) is 1. The summed E-state index contributed by atoms with van der Waals surface area (Å²) in [5, 5.41) is 8.51. The third kappa shape index (κ3) is 3.19. The maximum atomic E-state index is 10.5. The zero-order valence-corrected chi connectivity index (χ0v) is 6.00. The third-order valence-corrected chi connectivity index (χ3v) is 0.942. The molecule has 10 heavy (non-hydrogen) atoms. The fourth-order valence-corrected chi connectivity index (χ4v) is 0.377. The Morgan fingerprint density at radius 1 is 1.90 bits per heavy atom. The SMILES string of the molecule is CO[C-]=NC(CO)C(C)=O. The van der Waals surface area contributed by atoms with Crippen molar-refractivity contribution in [3.63, 3.8) is 0 Å². The number of rotatable bonds is 4. The molecule has 0 spiro atoms. The lowest BCUT2D eigenvalue weighted by Crippen LogP contribution is -2.19. The molecule has 0 amide bonds. The summed E-state index contributed by atoms with van der Waals surface area (Å²) in [4.78, 5) is 14.0. The lowest BCUT2D eigenvalue weighted by atomic mass is 10.2. The van der Waals surface area contributed by atoms with E-state index in [9.17, 15) is 4.79 Å². The Hall–Kier alpha value is -0.900. The minimum absolute atomic E-state index is 0.202. The molecule has 0 aliphatic heterocycles. The monoisotopic (exact) mass is 144 g/mol. The summed E-state index contributed by atoms with van der Waals surface area (Å²) in [6.07, 6.45) is 2.12. The highest BCUT2D eigenvalue weighted by Crippen LogP contribution is 1.89. The van der Waals surface area contributed by atoms with Gasteiger partial charge in [-0.25, -0.2) is 6.40 Å². The van der Waals surface area contributed by atoms with Gasteiger partial charge in [0.1, 0.15) is 0 Å². The normalized spacial score (nSPS) is 13.5. The summed E-state index contributed by atoms with van der Waals surface area (Å²) in [5.41, 5.74) is 0. The standard InChI is InChI=1S/C6H10NO3/c1-5(9)6(3-8)7-4-10-2/h6,8H,3H2,1-2H3/q-1. The smallest absolute Gasteiger partial charge is 0.153 e. The summed E-state index contributed by atoms with van der Waals surface area (Å²) in [5.74, 6) is -0.202. The number of carbonyl (C=O) groups is 1. The Labute approximate surface area is 59.5 Å². The number of aliphatic imine (C=N–C) groups is 1. The van der Waals surface area contributed by atoms with Gasteiger partial charge < -0.3 is 14.8 Å². The van der Waals surface area contributed by atoms with Crippen molar-refractivity contribution in [3.05, 3.63) is 0 Å². The van der Waals surface area contributed by atoms with Crippen LogP contribution in [0.25, 0.3) is 0 Å². The highest BCUT2D eigenvalue weighted by molar-refractivity contribution is 5.82. The lowest BCUT2D eigenvalue weighted by molar-refractivity contribution is -0.118. The number of ether oxygens (including phenoxy) is 1. The van der Waals surface area contributed by atoms with Crippen molar-refractivity contribution in [2.75, 3.05) is 13.7 Å². The molecule has 1 atom stereocenters. The minimum Gasteiger partial charge on any atom is -0.677 e. The Morgan fingerprint density at radius 2 is 2.50 bits per heavy atom. The van der Waals surface area contributed by atoms with Crippen LogP contribution in [0, 0.1) is 0 Å². The van der Waals surface area contributed by atoms with Crippen molar-refractivity contribution >= 4 is 12.2 Å². The van der Waals surface area contributed by atoms with Crippen LogP contribution in [0.2, 0.25) is 0 Å². The van der Waals surface area contributed by atoms with E-state index in [1.165, 1.54) is 14.0 Å². The van der Waals surface area contributed by atoms with Crippen LogP contribution in [0.4, 0.5) is 0 Å². The van der Waals surface area contributed by atoms with Gasteiger partial charge in [0, 0.05) is 7.11 Å². The van der Waals surface area contributed by atoms with Crippen LogP contribution in [0.1, 0.15) is 6.92 Å². The molecule has 0 bridgehead atoms. The molecule has 0 aromatic carbocycles. The number of aliphatic hydroxyl groups excluding tert-OH is 1. The molecule has 58 valence electrons. The van der Waals surface area contributed by atoms with Crippen molar-refractivity contribution in [3.8, 4) is 0 Å². The molecule has 4 nitrogen and oxygen atoms in total. The predicted octanol–water partition coefficient (Wildman–Crippen LogP) is -0.512. The molecule has 0 radical (unpaired) electrons. The van der Waals surface area contributed by atoms with E-state index in [0.717, 1.165) is 0 Å². The number of ketones is 1. The molecule has 0 saturated heterocycles. The van der Waals surface area contributed by atoms with Crippen molar-refractivity contribution in [2.24, 2.45) is 4.99 Å². The molecule has 0 rings (SSSR count). The first-order valence-electron chi connectivity index (χ1n) is 2.81. The maximum Gasteiger partial charge on any atom is 0.153 e. The molecule has 1 unspecified atom stereocenters. The van der Waals surface area contributed by atoms with Gasteiger partial charge in [-0.15, -0.1) is 0 Å². The second-order valence-corrected chi connectivity index (χ2v) is 1.73. The van der Waals surface area contributed by atoms with E-state index in [1.807, 2.05) is 0 Å². The Kier molecular flexibility index (Phi) is 4.49. The van der Waals surface area contributed by atoms with Crippen molar-refractivity contribution in [1.82, 2.24) is 0 Å². The van der Waals surface area contributed by atoms with Gasteiger partial charge in [-0.3, -0.25) is 4.79 Å². The molecule has 0 aliphatic rings. The first-order valence-corrected chi connectivity index (χ1v) is 2.81. The van der Waals surface area contributed by atoms with Gasteiger partial charge in [-0.05, 0) is 6.92 Å². The van der Waals surface area contributed by atoms with Crippen LogP contribution < -0.4 is 0 Å². The zero-order valence-electron chi connectivity index (χ0n) is 6.00. The van der Waals surface area contributed by atoms with Crippen molar-refractivity contribution in [1.29, 1.82) is 0 Å². The highest BCUT2D eigenvalue weighted by atomic mass is 16.5. The molecule has 0 aromatic heterocycles. The number of carbonyl (C=O) groups excluding carboxylic acids is 1. The van der Waals surface area contributed by atoms with Gasteiger partial charge in [0.15, 0.2) is 5.78 Å². The Bertz CT molecular complexity index is 133. The molecule has 4 heteroatoms. The predicted molar refractivity (Wildman–Crippen MR) is 36.0 cm³/mol. The molecular formula is C6H10NO3-. The minimum atomic E-state index is -0.722. The lowest BCUT2D eigenvalue weighted by Gasteiger charge is -2.11. The third-order valence-electron chi connectivity index (χ3n) is 0.942. The van der Waals surface area contributed by atoms with Gasteiger partial charge in [0.25, 0.3) is 0 Å². The average Bonchev–Trinajstić information content (AvgIpc) is 1.89. The highest BCUT2D eigenvalue weighted by Gasteiger charge is 2.04. The molecule has 1 N–H and O–H groups in total. The van der Waals surface area contributed by atoms with Gasteiger partial charge in [0.2, 0.25) is 0 Å². The van der Waals surface area contributed by atoms with E-state index in [2.05, 4.69) is 16.1 Å². The number of aliphatic hydroxyl groups is 1. The molecule has 0 fully saturated rings. The first kappa shape index (κ1) is 9.10. The van der Waals surface area contributed by atoms with Crippen LogP contribution in [0.3, 0.4) is 0 Å². The van der Waals surface area contributed by atoms with E-state index in [1.54, 1.807) is 0 Å². The van der Waals surface area contributed by atoms with Gasteiger partial charge in [-0.1, -0.05) is 0 Å². The second-order valence-electron chi connectivity index (χ2n) is 1.73. The summed E-state index contributed by atoms with van der Waals surface area (Å²) >= 11 is 0. The number of hydrogen-bond acceptors (Lipinski definition) is 4. The van der Waals surface area contributed by atoms with Crippen LogP contribution in [0.15, 0.2) is 4.99 Å². The second kappa shape index (κ2) is 4.93. The Balaban J connectivity index is 3.83. The zero-order chi connectivity index (χ0) is 7.98. The summed E-state index contributed by atoms with van der Waals surface area (Å²) in [6.45, 7) is 1.05. The average molecular weight is 144 g/mol. The largest absolute Gasteiger partial charge is 0.677 e. The van der Waals surface area contributed by atoms with Crippen LogP contribution >= 0.6 is 0 Å². The molecular weight excluding hydrogens is 134 g/mol. The van der Waals surface area contributed by atoms with Gasteiger partial charge in [0.05, 0.1) is 12.6 Å².